The lowest BCUT2D eigenvalue weighted by atomic mass is 9.91. The Morgan fingerprint density at radius 2 is 1.90 bits per heavy atom. The number of piperidine rings is 1. The van der Waals surface area contributed by atoms with Gasteiger partial charge in [0.2, 0.25) is 6.79 Å². The molecule has 1 fully saturated rings. The average molecular weight is 391 g/mol. The number of benzene rings is 2. The molecule has 1 saturated heterocycles. The van der Waals surface area contributed by atoms with Crippen molar-refractivity contribution in [2.45, 2.75) is 38.5 Å². The molecular weight excluding hydrogens is 360 g/mol. The molecule has 1 atom stereocenters. The summed E-state index contributed by atoms with van der Waals surface area (Å²) in [6.07, 6.45) is 9.68. The van der Waals surface area contributed by atoms with E-state index in [9.17, 15) is 0 Å². The highest BCUT2D eigenvalue weighted by Gasteiger charge is 2.20. The van der Waals surface area contributed by atoms with Crippen LogP contribution >= 0.6 is 0 Å². The van der Waals surface area contributed by atoms with Crippen LogP contribution in [0.5, 0.6) is 11.5 Å². The molecule has 3 heterocycles. The summed E-state index contributed by atoms with van der Waals surface area (Å²) in [5, 5.41) is 1.27. The molecule has 1 aromatic heterocycles. The fourth-order valence-corrected chi connectivity index (χ4v) is 4.90. The number of ether oxygens (including phenoxy) is 2. The Labute approximate surface area is 172 Å². The second-order valence-corrected chi connectivity index (χ2v) is 8.52. The third kappa shape index (κ3) is 4.27. The van der Waals surface area contributed by atoms with E-state index in [-0.39, 0.29) is 0 Å². The maximum atomic E-state index is 5.55. The van der Waals surface area contributed by atoms with Gasteiger partial charge >= 0.3 is 0 Å². The molecule has 5 rings (SSSR count). The summed E-state index contributed by atoms with van der Waals surface area (Å²) in [6, 6.07) is 15.2. The predicted molar refractivity (Wildman–Crippen MR) is 117 cm³/mol. The number of hydrogen-bond acceptors (Lipinski definition) is 3. The minimum atomic E-state index is 0.332. The van der Waals surface area contributed by atoms with E-state index in [2.05, 4.69) is 58.5 Å². The van der Waals surface area contributed by atoms with Gasteiger partial charge in [-0.25, -0.2) is 0 Å². The van der Waals surface area contributed by atoms with Crippen molar-refractivity contribution in [3.05, 3.63) is 59.8 Å². The van der Waals surface area contributed by atoms with Crippen LogP contribution in [0.25, 0.3) is 10.9 Å². The Bertz CT molecular complexity index is 950. The smallest absolute Gasteiger partial charge is 0.231 e. The molecule has 4 nitrogen and oxygen atoms in total. The van der Waals surface area contributed by atoms with Crippen molar-refractivity contribution in [3.63, 3.8) is 0 Å². The molecule has 0 saturated carbocycles. The maximum absolute atomic E-state index is 5.55. The van der Waals surface area contributed by atoms with Crippen molar-refractivity contribution in [2.75, 3.05) is 26.4 Å². The zero-order valence-corrected chi connectivity index (χ0v) is 17.0. The van der Waals surface area contributed by atoms with E-state index in [1.165, 1.54) is 68.3 Å². The van der Waals surface area contributed by atoms with Gasteiger partial charge in [0, 0.05) is 29.7 Å². The van der Waals surface area contributed by atoms with Crippen LogP contribution in [0.3, 0.4) is 0 Å². The Hall–Kier alpha value is -2.46. The van der Waals surface area contributed by atoms with E-state index in [1.807, 2.05) is 0 Å². The quantitative estimate of drug-likeness (QED) is 0.565. The third-order valence-corrected chi connectivity index (χ3v) is 6.40. The van der Waals surface area contributed by atoms with Gasteiger partial charge in [-0.3, -0.25) is 0 Å². The van der Waals surface area contributed by atoms with Crippen molar-refractivity contribution in [1.29, 1.82) is 0 Å². The normalized spacial score (nSPS) is 19.1. The molecular formula is C25H30N2O2. The van der Waals surface area contributed by atoms with Crippen LogP contribution in [0.1, 0.15) is 36.8 Å². The first-order valence-electron chi connectivity index (χ1n) is 11.0. The molecule has 2 aliphatic rings. The zero-order valence-electron chi connectivity index (χ0n) is 17.0. The monoisotopic (exact) mass is 390 g/mol. The summed E-state index contributed by atoms with van der Waals surface area (Å²) in [4.78, 5) is 6.08. The van der Waals surface area contributed by atoms with Gasteiger partial charge in [-0.05, 0) is 74.7 Å². The van der Waals surface area contributed by atoms with Crippen LogP contribution < -0.4 is 9.47 Å². The van der Waals surface area contributed by atoms with Crippen LogP contribution in [0.4, 0.5) is 0 Å². The lowest BCUT2D eigenvalue weighted by molar-refractivity contribution is 0.171. The number of likely N-dealkylation sites (tertiary alicyclic amines) is 1. The van der Waals surface area contributed by atoms with Crippen LogP contribution in [-0.2, 0) is 12.8 Å². The highest BCUT2D eigenvalue weighted by Crippen LogP contribution is 2.37. The second kappa shape index (κ2) is 8.50. The lowest BCUT2D eigenvalue weighted by Gasteiger charge is -2.32. The van der Waals surface area contributed by atoms with Gasteiger partial charge in [-0.2, -0.15) is 0 Å². The number of nitrogens with one attached hydrogen (secondary N) is 1. The first-order valence-corrected chi connectivity index (χ1v) is 11.0. The highest BCUT2D eigenvalue weighted by atomic mass is 16.7. The topological polar surface area (TPSA) is 37.5 Å². The van der Waals surface area contributed by atoms with Gasteiger partial charge in [0.15, 0.2) is 11.5 Å². The first-order chi connectivity index (χ1) is 14.3. The Balaban J connectivity index is 1.11. The zero-order chi connectivity index (χ0) is 19.5. The van der Waals surface area contributed by atoms with E-state index < -0.39 is 0 Å². The molecule has 2 aliphatic heterocycles. The molecule has 0 radical (unpaired) electrons. The SMILES string of the molecule is c1ccc(C[C@@H]2CCCN(CCCCc3c[nH]c4cc5c(cc34)OCO5)C2)cc1. The molecule has 0 aliphatic carbocycles. The number of unbranched alkanes of at least 4 members (excludes halogenated alkanes) is 1. The maximum Gasteiger partial charge on any atom is 0.231 e. The Kier molecular flexibility index (Phi) is 5.44. The highest BCUT2D eigenvalue weighted by molar-refractivity contribution is 5.86. The molecule has 29 heavy (non-hydrogen) atoms. The fourth-order valence-electron chi connectivity index (χ4n) is 4.90. The van der Waals surface area contributed by atoms with Gasteiger partial charge in [-0.1, -0.05) is 30.3 Å². The minimum absolute atomic E-state index is 0.332. The number of aryl methyl sites for hydroxylation is 1. The third-order valence-electron chi connectivity index (χ3n) is 6.40. The largest absolute Gasteiger partial charge is 0.454 e. The number of aromatic nitrogens is 1. The van der Waals surface area contributed by atoms with E-state index in [4.69, 9.17) is 9.47 Å². The molecule has 0 unspecified atom stereocenters. The summed E-state index contributed by atoms with van der Waals surface area (Å²) in [5.41, 5.74) is 4.02. The molecule has 152 valence electrons. The number of rotatable bonds is 7. The minimum Gasteiger partial charge on any atom is -0.454 e. The molecule has 1 N–H and O–H groups in total. The van der Waals surface area contributed by atoms with Gasteiger partial charge in [0.1, 0.15) is 0 Å². The van der Waals surface area contributed by atoms with Crippen molar-refractivity contribution in [2.24, 2.45) is 5.92 Å². The summed E-state index contributed by atoms with van der Waals surface area (Å²) >= 11 is 0. The van der Waals surface area contributed by atoms with E-state index in [1.54, 1.807) is 0 Å². The number of H-pyrrole nitrogens is 1. The number of hydrogen-bond donors (Lipinski definition) is 1. The van der Waals surface area contributed by atoms with E-state index >= 15 is 0 Å². The summed E-state index contributed by atoms with van der Waals surface area (Å²) < 4.78 is 11.0. The molecule has 4 heteroatoms. The standard InChI is InChI=1S/C25H30N2O2/c1-2-7-19(8-3-1)13-20-9-6-12-27(17-20)11-5-4-10-21-16-26-23-15-25-24(14-22(21)23)28-18-29-25/h1-3,7-8,14-16,20,26H,4-6,9-13,17-18H2/t20-/m0/s1. The van der Waals surface area contributed by atoms with Crippen LogP contribution in [0.15, 0.2) is 48.7 Å². The van der Waals surface area contributed by atoms with Crippen LogP contribution in [-0.4, -0.2) is 36.3 Å². The van der Waals surface area contributed by atoms with E-state index in [0.717, 1.165) is 29.4 Å². The molecule has 0 spiro atoms. The summed E-state index contributed by atoms with van der Waals surface area (Å²) in [7, 11) is 0. The van der Waals surface area contributed by atoms with Gasteiger partial charge < -0.3 is 19.4 Å². The number of aromatic amines is 1. The summed E-state index contributed by atoms with van der Waals surface area (Å²) in [6.45, 7) is 4.08. The number of nitrogens with zero attached hydrogens (tertiary/aromatic N) is 1. The Morgan fingerprint density at radius 3 is 2.79 bits per heavy atom. The van der Waals surface area contributed by atoms with Crippen LogP contribution in [0.2, 0.25) is 0 Å². The first kappa shape index (κ1) is 18.6. The average Bonchev–Trinajstić information content (AvgIpc) is 3.37. The van der Waals surface area contributed by atoms with Crippen molar-refractivity contribution >= 4 is 10.9 Å². The van der Waals surface area contributed by atoms with Crippen molar-refractivity contribution < 1.29 is 9.47 Å². The van der Waals surface area contributed by atoms with E-state index in [0.29, 0.717) is 6.79 Å². The molecule has 2 aromatic carbocycles. The predicted octanol–water partition coefficient (Wildman–Crippen LogP) is 5.17. The van der Waals surface area contributed by atoms with Crippen LogP contribution in [0, 0.1) is 5.92 Å². The molecule has 0 bridgehead atoms. The molecule has 3 aromatic rings. The second-order valence-electron chi connectivity index (χ2n) is 8.52. The van der Waals surface area contributed by atoms with Crippen molar-refractivity contribution in [1.82, 2.24) is 9.88 Å². The van der Waals surface area contributed by atoms with Gasteiger partial charge in [0.05, 0.1) is 0 Å². The lowest BCUT2D eigenvalue weighted by Crippen LogP contribution is -2.36. The fraction of sp³-hybridized carbons (Fsp3) is 0.440. The van der Waals surface area contributed by atoms with Crippen molar-refractivity contribution in [3.8, 4) is 11.5 Å². The molecule has 0 amide bonds. The number of fused-ring (bicyclic) bond motifs is 2. The summed E-state index contributed by atoms with van der Waals surface area (Å²) in [5.74, 6) is 2.53. The van der Waals surface area contributed by atoms with Gasteiger partial charge in [-0.15, -0.1) is 0 Å². The Morgan fingerprint density at radius 1 is 1.03 bits per heavy atom. The van der Waals surface area contributed by atoms with Gasteiger partial charge in [0.25, 0.3) is 0 Å².